The van der Waals surface area contributed by atoms with Crippen LogP contribution in [0.15, 0.2) is 12.1 Å². The van der Waals surface area contributed by atoms with E-state index in [1.807, 2.05) is 6.92 Å². The first-order valence-electron chi connectivity index (χ1n) is 6.43. The first-order chi connectivity index (χ1) is 9.82. The first kappa shape index (κ1) is 16.9. The normalized spacial score (nSPS) is 11.0. The van der Waals surface area contributed by atoms with Crippen LogP contribution in [0.2, 0.25) is 0 Å². The lowest BCUT2D eigenvalue weighted by Crippen LogP contribution is -2.33. The van der Waals surface area contributed by atoms with E-state index in [0.29, 0.717) is 6.54 Å². The van der Waals surface area contributed by atoms with Crippen molar-refractivity contribution in [2.45, 2.75) is 19.5 Å². The van der Waals surface area contributed by atoms with Crippen LogP contribution in [0.4, 0.5) is 29.6 Å². The molecule has 0 aliphatic heterocycles. The van der Waals surface area contributed by atoms with Gasteiger partial charge in [-0.05, 0) is 18.6 Å². The van der Waals surface area contributed by atoms with Crippen LogP contribution in [0.1, 0.15) is 18.9 Å². The van der Waals surface area contributed by atoms with Gasteiger partial charge in [0.05, 0.1) is 5.56 Å². The van der Waals surface area contributed by atoms with Gasteiger partial charge in [-0.2, -0.15) is 13.2 Å². The maximum Gasteiger partial charge on any atom is 0.416 e. The molecule has 0 atom stereocenters. The number of nitrogens with zero attached hydrogens (tertiary/aromatic N) is 1. The monoisotopic (exact) mass is 305 g/mol. The second kappa shape index (κ2) is 7.55. The second-order valence-corrected chi connectivity index (χ2v) is 4.27. The lowest BCUT2D eigenvalue weighted by atomic mass is 10.2. The molecule has 0 fully saturated rings. The van der Waals surface area contributed by atoms with Gasteiger partial charge in [0.15, 0.2) is 0 Å². The molecule has 1 rings (SSSR count). The van der Waals surface area contributed by atoms with Crippen LogP contribution < -0.4 is 21.7 Å². The lowest BCUT2D eigenvalue weighted by Gasteiger charge is -2.13. The molecule has 0 unspecified atom stereocenters. The number of amides is 2. The summed E-state index contributed by atoms with van der Waals surface area (Å²) in [6, 6.07) is 1.18. The first-order valence-corrected chi connectivity index (χ1v) is 6.43. The smallest absolute Gasteiger partial charge is 0.370 e. The number of anilines is 2. The number of rotatable bonds is 7. The zero-order chi connectivity index (χ0) is 15.9. The average Bonchev–Trinajstić information content (AvgIpc) is 2.40. The van der Waals surface area contributed by atoms with Crippen LogP contribution >= 0.6 is 0 Å². The number of aromatic nitrogens is 1. The Morgan fingerprint density at radius 1 is 1.19 bits per heavy atom. The van der Waals surface area contributed by atoms with Crippen molar-refractivity contribution in [2.75, 3.05) is 30.3 Å². The van der Waals surface area contributed by atoms with Gasteiger partial charge in [0.25, 0.3) is 0 Å². The predicted octanol–water partition coefficient (Wildman–Crippen LogP) is 2.00. The Kier molecular flexibility index (Phi) is 6.07. The molecule has 9 heteroatoms. The number of nitrogens with two attached hydrogens (primary N) is 1. The summed E-state index contributed by atoms with van der Waals surface area (Å²) in [5.41, 5.74) is 4.09. The van der Waals surface area contributed by atoms with Crippen molar-refractivity contribution in [3.8, 4) is 0 Å². The molecular formula is C12H18F3N5O. The van der Waals surface area contributed by atoms with Crippen molar-refractivity contribution < 1.29 is 18.0 Å². The summed E-state index contributed by atoms with van der Waals surface area (Å²) in [5.74, 6) is 0.228. The summed E-state index contributed by atoms with van der Waals surface area (Å²) >= 11 is 0. The Hall–Kier alpha value is -2.19. The number of alkyl halides is 3. The molecule has 1 aromatic rings. The van der Waals surface area contributed by atoms with Crippen LogP contribution in [0.5, 0.6) is 0 Å². The Balaban J connectivity index is 2.78. The molecule has 0 spiro atoms. The van der Waals surface area contributed by atoms with E-state index in [-0.39, 0.29) is 24.7 Å². The number of carbonyl (C=O) groups is 1. The maximum atomic E-state index is 12.8. The topological polar surface area (TPSA) is 92.1 Å². The molecule has 1 aromatic heterocycles. The van der Waals surface area contributed by atoms with Crippen LogP contribution in [0, 0.1) is 0 Å². The van der Waals surface area contributed by atoms with E-state index in [0.717, 1.165) is 18.6 Å². The fourth-order valence-corrected chi connectivity index (χ4v) is 1.50. The van der Waals surface area contributed by atoms with Gasteiger partial charge < -0.3 is 21.7 Å². The molecule has 1 heterocycles. The highest BCUT2D eigenvalue weighted by atomic mass is 19.4. The van der Waals surface area contributed by atoms with E-state index in [1.165, 1.54) is 0 Å². The zero-order valence-electron chi connectivity index (χ0n) is 11.5. The molecule has 0 aromatic carbocycles. The van der Waals surface area contributed by atoms with E-state index in [9.17, 15) is 18.0 Å². The minimum atomic E-state index is -4.45. The molecule has 0 aliphatic rings. The fourth-order valence-electron chi connectivity index (χ4n) is 1.50. The number of halogens is 3. The molecule has 0 radical (unpaired) electrons. The van der Waals surface area contributed by atoms with Crippen molar-refractivity contribution in [3.05, 3.63) is 17.7 Å². The highest BCUT2D eigenvalue weighted by molar-refractivity contribution is 5.71. The highest BCUT2D eigenvalue weighted by Crippen LogP contribution is 2.31. The summed E-state index contributed by atoms with van der Waals surface area (Å²) in [6.45, 7) is 2.82. The van der Waals surface area contributed by atoms with E-state index in [2.05, 4.69) is 20.9 Å². The number of carbonyl (C=O) groups excluding carboxylic acids is 1. The highest BCUT2D eigenvalue weighted by Gasteiger charge is 2.31. The van der Waals surface area contributed by atoms with Crippen molar-refractivity contribution in [3.63, 3.8) is 0 Å². The van der Waals surface area contributed by atoms with E-state index in [1.54, 1.807) is 0 Å². The quantitative estimate of drug-likeness (QED) is 0.580. The summed E-state index contributed by atoms with van der Waals surface area (Å²) in [6.07, 6.45) is -3.68. The van der Waals surface area contributed by atoms with Gasteiger partial charge >= 0.3 is 12.2 Å². The third kappa shape index (κ3) is 6.19. The SMILES string of the molecule is CCCNc1cc(C(F)(F)F)cc(NCCNC(N)=O)n1. The Labute approximate surface area is 120 Å². The van der Waals surface area contributed by atoms with Crippen LogP contribution in [0.25, 0.3) is 0 Å². The lowest BCUT2D eigenvalue weighted by molar-refractivity contribution is -0.137. The minimum absolute atomic E-state index is 0.0784. The number of hydrogen-bond acceptors (Lipinski definition) is 4. The van der Waals surface area contributed by atoms with E-state index in [4.69, 9.17) is 5.73 Å². The third-order valence-corrected chi connectivity index (χ3v) is 2.44. The number of pyridine rings is 1. The standard InChI is InChI=1S/C12H18F3N5O/c1-2-3-17-9-6-8(12(13,14)15)7-10(20-9)18-4-5-19-11(16)21/h6-7H,2-5H2,1H3,(H3,16,19,21)(H2,17,18,20). The second-order valence-electron chi connectivity index (χ2n) is 4.27. The van der Waals surface area contributed by atoms with Gasteiger partial charge in [0.1, 0.15) is 11.6 Å². The van der Waals surface area contributed by atoms with Crippen molar-refractivity contribution in [2.24, 2.45) is 5.73 Å². The molecule has 6 nitrogen and oxygen atoms in total. The fraction of sp³-hybridized carbons (Fsp3) is 0.500. The Bertz CT molecular complexity index is 478. The number of primary amides is 1. The molecule has 0 saturated carbocycles. The molecule has 5 N–H and O–H groups in total. The van der Waals surface area contributed by atoms with Crippen LogP contribution in [-0.4, -0.2) is 30.6 Å². The van der Waals surface area contributed by atoms with Gasteiger partial charge in [0, 0.05) is 19.6 Å². The average molecular weight is 305 g/mol. The predicted molar refractivity (Wildman–Crippen MR) is 74.1 cm³/mol. The molecule has 0 bridgehead atoms. The minimum Gasteiger partial charge on any atom is -0.370 e. The van der Waals surface area contributed by atoms with Gasteiger partial charge in [-0.25, -0.2) is 9.78 Å². The van der Waals surface area contributed by atoms with Gasteiger partial charge in [0.2, 0.25) is 0 Å². The summed E-state index contributed by atoms with van der Waals surface area (Å²) < 4.78 is 38.4. The largest absolute Gasteiger partial charge is 0.416 e. The summed E-state index contributed by atoms with van der Waals surface area (Å²) in [4.78, 5) is 14.5. The molecule has 0 aliphatic carbocycles. The number of nitrogens with one attached hydrogen (secondary N) is 3. The maximum absolute atomic E-state index is 12.8. The van der Waals surface area contributed by atoms with Crippen LogP contribution in [-0.2, 0) is 6.18 Å². The van der Waals surface area contributed by atoms with Crippen molar-refractivity contribution >= 4 is 17.7 Å². The molecule has 118 valence electrons. The van der Waals surface area contributed by atoms with Gasteiger partial charge in [-0.15, -0.1) is 0 Å². The van der Waals surface area contributed by atoms with E-state index >= 15 is 0 Å². The zero-order valence-corrected chi connectivity index (χ0v) is 11.5. The Morgan fingerprint density at radius 3 is 2.24 bits per heavy atom. The molecule has 2 amide bonds. The molecule has 21 heavy (non-hydrogen) atoms. The van der Waals surface area contributed by atoms with Crippen molar-refractivity contribution in [1.82, 2.24) is 10.3 Å². The molecule has 0 saturated heterocycles. The number of urea groups is 1. The van der Waals surface area contributed by atoms with Crippen molar-refractivity contribution in [1.29, 1.82) is 0 Å². The summed E-state index contributed by atoms with van der Waals surface area (Å²) in [5, 5.41) is 7.84. The van der Waals surface area contributed by atoms with Gasteiger partial charge in [-0.1, -0.05) is 6.92 Å². The van der Waals surface area contributed by atoms with Crippen LogP contribution in [0.3, 0.4) is 0 Å². The van der Waals surface area contributed by atoms with Gasteiger partial charge in [-0.3, -0.25) is 0 Å². The number of hydrogen-bond donors (Lipinski definition) is 4. The third-order valence-electron chi connectivity index (χ3n) is 2.44. The summed E-state index contributed by atoms with van der Waals surface area (Å²) in [7, 11) is 0. The Morgan fingerprint density at radius 2 is 1.76 bits per heavy atom. The molecular weight excluding hydrogens is 287 g/mol. The van der Waals surface area contributed by atoms with E-state index < -0.39 is 17.8 Å².